The fourth-order valence-corrected chi connectivity index (χ4v) is 4.24. The highest BCUT2D eigenvalue weighted by Gasteiger charge is 2.27. The van der Waals surface area contributed by atoms with Gasteiger partial charge in [-0.05, 0) is 38.2 Å². The SMILES string of the molecule is CCS(=O)(=O)N1CCC(NC(=NC)NCC(C)c2ccc(C)cc2)CC1.I. The van der Waals surface area contributed by atoms with Crippen LogP contribution in [0.4, 0.5) is 0 Å². The molecule has 8 heteroatoms. The highest BCUT2D eigenvalue weighted by molar-refractivity contribution is 14.0. The van der Waals surface area contributed by atoms with Crippen LogP contribution >= 0.6 is 24.0 Å². The van der Waals surface area contributed by atoms with Crippen molar-refractivity contribution in [2.24, 2.45) is 4.99 Å². The number of benzene rings is 1. The zero-order chi connectivity index (χ0) is 19.2. The van der Waals surface area contributed by atoms with Crippen molar-refractivity contribution in [3.8, 4) is 0 Å². The first-order valence-electron chi connectivity index (χ1n) is 9.37. The van der Waals surface area contributed by atoms with Gasteiger partial charge in [-0.2, -0.15) is 0 Å². The Morgan fingerprint density at radius 3 is 2.37 bits per heavy atom. The second-order valence-corrected chi connectivity index (χ2v) is 9.24. The number of hydrogen-bond donors (Lipinski definition) is 2. The molecule has 2 N–H and O–H groups in total. The first kappa shape index (κ1) is 24.2. The van der Waals surface area contributed by atoms with Crippen LogP contribution in [0.2, 0.25) is 0 Å². The summed E-state index contributed by atoms with van der Waals surface area (Å²) >= 11 is 0. The molecule has 1 unspecified atom stereocenters. The average molecular weight is 508 g/mol. The molecule has 6 nitrogen and oxygen atoms in total. The maximum Gasteiger partial charge on any atom is 0.213 e. The summed E-state index contributed by atoms with van der Waals surface area (Å²) in [5, 5.41) is 6.82. The molecule has 1 fully saturated rings. The van der Waals surface area contributed by atoms with Crippen molar-refractivity contribution in [2.45, 2.75) is 45.6 Å². The number of halogens is 1. The molecule has 0 aliphatic carbocycles. The lowest BCUT2D eigenvalue weighted by Gasteiger charge is -2.32. The molecule has 154 valence electrons. The number of aryl methyl sites for hydroxylation is 1. The third-order valence-electron chi connectivity index (χ3n) is 5.00. The quantitative estimate of drug-likeness (QED) is 0.352. The third kappa shape index (κ3) is 7.23. The zero-order valence-corrected chi connectivity index (χ0v) is 19.9. The molecule has 1 aromatic rings. The second kappa shape index (κ2) is 11.2. The fourth-order valence-electron chi connectivity index (χ4n) is 3.11. The Hall–Kier alpha value is -0.870. The minimum atomic E-state index is -3.07. The number of nitrogens with zero attached hydrogens (tertiary/aromatic N) is 2. The van der Waals surface area contributed by atoms with Crippen LogP contribution in [-0.2, 0) is 10.0 Å². The van der Waals surface area contributed by atoms with Crippen molar-refractivity contribution in [3.05, 3.63) is 35.4 Å². The maximum absolute atomic E-state index is 11.9. The van der Waals surface area contributed by atoms with Crippen molar-refractivity contribution in [3.63, 3.8) is 0 Å². The molecule has 27 heavy (non-hydrogen) atoms. The van der Waals surface area contributed by atoms with Crippen LogP contribution in [0.3, 0.4) is 0 Å². The number of hydrogen-bond acceptors (Lipinski definition) is 3. The van der Waals surface area contributed by atoms with Crippen LogP contribution < -0.4 is 10.6 Å². The molecule has 1 heterocycles. The summed E-state index contributed by atoms with van der Waals surface area (Å²) in [5.74, 6) is 1.33. The van der Waals surface area contributed by atoms with Gasteiger partial charge in [0, 0.05) is 32.7 Å². The van der Waals surface area contributed by atoms with Gasteiger partial charge >= 0.3 is 0 Å². The van der Waals surface area contributed by atoms with E-state index in [4.69, 9.17) is 0 Å². The van der Waals surface area contributed by atoms with E-state index in [9.17, 15) is 8.42 Å². The van der Waals surface area contributed by atoms with Crippen molar-refractivity contribution < 1.29 is 8.42 Å². The van der Waals surface area contributed by atoms with Gasteiger partial charge in [0.25, 0.3) is 0 Å². The standard InChI is InChI=1S/C19H32N4O2S.HI/c1-5-26(24,25)23-12-10-18(11-13-23)22-19(20-4)21-14-16(3)17-8-6-15(2)7-9-17;/h6-9,16,18H,5,10-14H2,1-4H3,(H2,20,21,22);1H. The number of guanidine groups is 1. The molecule has 1 saturated heterocycles. The van der Waals surface area contributed by atoms with E-state index >= 15 is 0 Å². The molecule has 2 rings (SSSR count). The van der Waals surface area contributed by atoms with Crippen LogP contribution in [0.5, 0.6) is 0 Å². The molecule has 0 amide bonds. The minimum absolute atomic E-state index is 0. The summed E-state index contributed by atoms with van der Waals surface area (Å²) in [4.78, 5) is 4.31. The molecular weight excluding hydrogens is 475 g/mol. The summed E-state index contributed by atoms with van der Waals surface area (Å²) in [6, 6.07) is 8.86. The van der Waals surface area contributed by atoms with Crippen molar-refractivity contribution >= 4 is 40.0 Å². The Morgan fingerprint density at radius 2 is 1.85 bits per heavy atom. The Labute approximate surface area is 181 Å². The van der Waals surface area contributed by atoms with Crippen LogP contribution in [-0.4, -0.2) is 57.2 Å². The molecule has 1 atom stereocenters. The van der Waals surface area contributed by atoms with E-state index in [1.807, 2.05) is 0 Å². The largest absolute Gasteiger partial charge is 0.356 e. The van der Waals surface area contributed by atoms with Crippen LogP contribution in [0.15, 0.2) is 29.3 Å². The van der Waals surface area contributed by atoms with Crippen LogP contribution in [0, 0.1) is 6.92 Å². The van der Waals surface area contributed by atoms with E-state index in [-0.39, 0.29) is 35.8 Å². The molecule has 1 aliphatic heterocycles. The summed E-state index contributed by atoms with van der Waals surface area (Å²) in [6.45, 7) is 7.93. The minimum Gasteiger partial charge on any atom is -0.356 e. The monoisotopic (exact) mass is 508 g/mol. The first-order chi connectivity index (χ1) is 12.4. The molecule has 1 aromatic carbocycles. The van der Waals surface area contributed by atoms with E-state index in [0.29, 0.717) is 19.0 Å². The van der Waals surface area contributed by atoms with Gasteiger partial charge in [0.2, 0.25) is 10.0 Å². The fraction of sp³-hybridized carbons (Fsp3) is 0.632. The maximum atomic E-state index is 11.9. The Bertz CT molecular complexity index is 699. The van der Waals surface area contributed by atoms with Gasteiger partial charge in [0.1, 0.15) is 0 Å². The van der Waals surface area contributed by atoms with Gasteiger partial charge in [-0.15, -0.1) is 24.0 Å². The summed E-state index contributed by atoms with van der Waals surface area (Å²) in [5.41, 5.74) is 2.57. The topological polar surface area (TPSA) is 73.8 Å². The number of piperidine rings is 1. The van der Waals surface area contributed by atoms with Gasteiger partial charge < -0.3 is 10.6 Å². The number of rotatable bonds is 6. The Morgan fingerprint density at radius 1 is 1.26 bits per heavy atom. The molecule has 0 saturated carbocycles. The van der Waals surface area contributed by atoms with Gasteiger partial charge in [-0.3, -0.25) is 4.99 Å². The number of aliphatic imine (C=N–C) groups is 1. The highest BCUT2D eigenvalue weighted by Crippen LogP contribution is 2.16. The molecule has 1 aliphatic rings. The molecule has 0 aromatic heterocycles. The molecule has 0 bridgehead atoms. The van der Waals surface area contributed by atoms with Crippen LogP contribution in [0.1, 0.15) is 43.7 Å². The lowest BCUT2D eigenvalue weighted by atomic mass is 10.0. The summed E-state index contributed by atoms with van der Waals surface area (Å²) in [7, 11) is -1.31. The molecule has 0 radical (unpaired) electrons. The molecular formula is C19H33IN4O2S. The van der Waals surface area contributed by atoms with Crippen molar-refractivity contribution in [2.75, 3.05) is 32.4 Å². The third-order valence-corrected chi connectivity index (χ3v) is 6.88. The normalized spacial score (nSPS) is 17.9. The summed E-state index contributed by atoms with van der Waals surface area (Å²) in [6.07, 6.45) is 1.60. The van der Waals surface area contributed by atoms with Crippen molar-refractivity contribution in [1.29, 1.82) is 0 Å². The number of nitrogens with one attached hydrogen (secondary N) is 2. The Balaban J connectivity index is 0.00000364. The highest BCUT2D eigenvalue weighted by atomic mass is 127. The van der Waals surface area contributed by atoms with Crippen LogP contribution in [0.25, 0.3) is 0 Å². The van der Waals surface area contributed by atoms with E-state index in [0.717, 1.165) is 25.3 Å². The smallest absolute Gasteiger partial charge is 0.213 e. The molecule has 0 spiro atoms. The summed E-state index contributed by atoms with van der Waals surface area (Å²) < 4.78 is 25.5. The van der Waals surface area contributed by atoms with Gasteiger partial charge in [0.15, 0.2) is 5.96 Å². The lowest BCUT2D eigenvalue weighted by Crippen LogP contribution is -2.50. The predicted molar refractivity (Wildman–Crippen MR) is 124 cm³/mol. The average Bonchev–Trinajstić information content (AvgIpc) is 2.65. The van der Waals surface area contributed by atoms with E-state index in [1.54, 1.807) is 18.3 Å². The van der Waals surface area contributed by atoms with E-state index in [1.165, 1.54) is 11.1 Å². The van der Waals surface area contributed by atoms with Crippen molar-refractivity contribution in [1.82, 2.24) is 14.9 Å². The van der Waals surface area contributed by atoms with Gasteiger partial charge in [-0.1, -0.05) is 36.8 Å². The van der Waals surface area contributed by atoms with Gasteiger partial charge in [0.05, 0.1) is 5.75 Å². The Kier molecular flexibility index (Phi) is 10.0. The lowest BCUT2D eigenvalue weighted by molar-refractivity contribution is 0.306. The first-order valence-corrected chi connectivity index (χ1v) is 11.0. The van der Waals surface area contributed by atoms with E-state index < -0.39 is 10.0 Å². The predicted octanol–water partition coefficient (Wildman–Crippen LogP) is 2.70. The van der Waals surface area contributed by atoms with E-state index in [2.05, 4.69) is 53.7 Å². The number of sulfonamides is 1. The van der Waals surface area contributed by atoms with Gasteiger partial charge in [-0.25, -0.2) is 12.7 Å². The zero-order valence-electron chi connectivity index (χ0n) is 16.7. The second-order valence-electron chi connectivity index (χ2n) is 6.98.